The lowest BCUT2D eigenvalue weighted by Crippen LogP contribution is -2.01. The number of aromatic nitrogens is 4. The smallest absolute Gasteiger partial charge is 0.138 e. The molecule has 0 fully saturated rings. The molecule has 0 bridgehead atoms. The summed E-state index contributed by atoms with van der Waals surface area (Å²) in [7, 11) is 0. The molecule has 0 unspecified atom stereocenters. The normalized spacial score (nSPS) is 10.2. The molecule has 0 amide bonds. The van der Waals surface area contributed by atoms with Gasteiger partial charge < -0.3 is 5.73 Å². The van der Waals surface area contributed by atoms with E-state index >= 15 is 0 Å². The minimum atomic E-state index is 0.450. The predicted molar refractivity (Wildman–Crippen MR) is 48.6 cm³/mol. The second kappa shape index (κ2) is 3.02. The summed E-state index contributed by atoms with van der Waals surface area (Å²) < 4.78 is 1.50. The van der Waals surface area contributed by atoms with Crippen molar-refractivity contribution in [1.29, 1.82) is 0 Å². The van der Waals surface area contributed by atoms with Gasteiger partial charge in [0.05, 0.1) is 16.9 Å². The van der Waals surface area contributed by atoms with E-state index in [1.165, 1.54) is 29.7 Å². The molecule has 0 saturated heterocycles. The molecule has 0 spiro atoms. The third kappa shape index (κ3) is 1.33. The van der Waals surface area contributed by atoms with Gasteiger partial charge in [-0.1, -0.05) is 11.6 Å². The minimum Gasteiger partial charge on any atom is -0.396 e. The number of pyridine rings is 1. The summed E-state index contributed by atoms with van der Waals surface area (Å²) in [5.41, 5.74) is 6.75. The molecule has 5 nitrogen and oxygen atoms in total. The SMILES string of the molecule is Nc1cncc(Cl)c1-n1cncn1. The van der Waals surface area contributed by atoms with Gasteiger partial charge in [-0.05, 0) is 0 Å². The fourth-order valence-electron chi connectivity index (χ4n) is 1.01. The molecule has 2 aromatic rings. The maximum absolute atomic E-state index is 5.89. The van der Waals surface area contributed by atoms with Crippen molar-refractivity contribution >= 4 is 17.3 Å². The number of hydrogen-bond acceptors (Lipinski definition) is 4. The van der Waals surface area contributed by atoms with Crippen molar-refractivity contribution in [3.8, 4) is 5.69 Å². The maximum atomic E-state index is 5.89. The van der Waals surface area contributed by atoms with Crippen LogP contribution in [0.2, 0.25) is 5.02 Å². The molecule has 2 rings (SSSR count). The van der Waals surface area contributed by atoms with Crippen LogP contribution in [0.4, 0.5) is 5.69 Å². The molecular formula is C7H6ClN5. The van der Waals surface area contributed by atoms with Crippen molar-refractivity contribution < 1.29 is 0 Å². The van der Waals surface area contributed by atoms with Gasteiger partial charge in [0, 0.05) is 6.20 Å². The van der Waals surface area contributed by atoms with Crippen molar-refractivity contribution in [2.75, 3.05) is 5.73 Å². The van der Waals surface area contributed by atoms with Crippen molar-refractivity contribution in [3.63, 3.8) is 0 Å². The van der Waals surface area contributed by atoms with Gasteiger partial charge in [0.1, 0.15) is 18.3 Å². The first-order chi connectivity index (χ1) is 6.29. The highest BCUT2D eigenvalue weighted by atomic mass is 35.5. The molecule has 0 saturated carbocycles. The van der Waals surface area contributed by atoms with Gasteiger partial charge in [0.2, 0.25) is 0 Å². The maximum Gasteiger partial charge on any atom is 0.138 e. The monoisotopic (exact) mass is 195 g/mol. The van der Waals surface area contributed by atoms with Crippen LogP contribution in [-0.2, 0) is 0 Å². The van der Waals surface area contributed by atoms with E-state index in [0.29, 0.717) is 16.4 Å². The second-order valence-electron chi connectivity index (χ2n) is 2.40. The number of halogens is 1. The van der Waals surface area contributed by atoms with E-state index in [-0.39, 0.29) is 0 Å². The lowest BCUT2D eigenvalue weighted by atomic mass is 10.3. The van der Waals surface area contributed by atoms with E-state index in [0.717, 1.165) is 0 Å². The van der Waals surface area contributed by atoms with Crippen LogP contribution in [0.1, 0.15) is 0 Å². The van der Waals surface area contributed by atoms with Crippen LogP contribution >= 0.6 is 11.6 Å². The Morgan fingerprint density at radius 1 is 1.31 bits per heavy atom. The highest BCUT2D eigenvalue weighted by molar-refractivity contribution is 6.32. The molecule has 66 valence electrons. The van der Waals surface area contributed by atoms with Crippen LogP contribution in [0.15, 0.2) is 25.0 Å². The summed E-state index contributed by atoms with van der Waals surface area (Å²) in [6, 6.07) is 0. The molecule has 0 aliphatic carbocycles. The molecule has 2 N–H and O–H groups in total. The zero-order valence-electron chi connectivity index (χ0n) is 6.55. The van der Waals surface area contributed by atoms with Gasteiger partial charge in [-0.25, -0.2) is 9.67 Å². The molecular weight excluding hydrogens is 190 g/mol. The van der Waals surface area contributed by atoms with Gasteiger partial charge in [0.15, 0.2) is 0 Å². The van der Waals surface area contributed by atoms with Gasteiger partial charge in [-0.3, -0.25) is 4.98 Å². The first-order valence-electron chi connectivity index (χ1n) is 3.53. The van der Waals surface area contributed by atoms with E-state index in [1.807, 2.05) is 0 Å². The number of hydrogen-bond donors (Lipinski definition) is 1. The van der Waals surface area contributed by atoms with E-state index in [9.17, 15) is 0 Å². The summed E-state index contributed by atoms with van der Waals surface area (Å²) in [5, 5.41) is 4.37. The lowest BCUT2D eigenvalue weighted by Gasteiger charge is -2.05. The summed E-state index contributed by atoms with van der Waals surface area (Å²) in [6.45, 7) is 0. The van der Waals surface area contributed by atoms with Gasteiger partial charge in [-0.15, -0.1) is 0 Å². The van der Waals surface area contributed by atoms with Crippen LogP contribution in [0, 0.1) is 0 Å². The second-order valence-corrected chi connectivity index (χ2v) is 2.81. The van der Waals surface area contributed by atoms with E-state index in [4.69, 9.17) is 17.3 Å². The van der Waals surface area contributed by atoms with Gasteiger partial charge in [-0.2, -0.15) is 5.10 Å². The van der Waals surface area contributed by atoms with E-state index < -0.39 is 0 Å². The first kappa shape index (κ1) is 8.00. The Bertz CT molecular complexity index is 391. The minimum absolute atomic E-state index is 0.450. The number of nitrogen functional groups attached to an aromatic ring is 1. The molecule has 0 aromatic carbocycles. The summed E-state index contributed by atoms with van der Waals surface area (Å²) >= 11 is 5.89. The molecule has 2 heterocycles. The summed E-state index contributed by atoms with van der Waals surface area (Å²) in [4.78, 5) is 7.63. The average Bonchev–Trinajstić information content (AvgIpc) is 2.57. The fourth-order valence-corrected chi connectivity index (χ4v) is 1.26. The molecule has 0 aliphatic heterocycles. The largest absolute Gasteiger partial charge is 0.396 e. The highest BCUT2D eigenvalue weighted by Crippen LogP contribution is 2.23. The van der Waals surface area contributed by atoms with Crippen LogP contribution in [0.25, 0.3) is 5.69 Å². The van der Waals surface area contributed by atoms with E-state index in [2.05, 4.69) is 15.1 Å². The predicted octanol–water partition coefficient (Wildman–Crippen LogP) is 0.898. The highest BCUT2D eigenvalue weighted by Gasteiger charge is 2.07. The zero-order chi connectivity index (χ0) is 9.26. The summed E-state index contributed by atoms with van der Waals surface area (Å²) in [6.07, 6.45) is 5.96. The zero-order valence-corrected chi connectivity index (χ0v) is 7.31. The standard InChI is InChI=1S/C7H6ClN5/c8-5-1-10-2-6(9)7(5)13-4-11-3-12-13/h1-4H,9H2. The molecule has 13 heavy (non-hydrogen) atoms. The fraction of sp³-hybridized carbons (Fsp3) is 0. The van der Waals surface area contributed by atoms with Crippen LogP contribution in [0.3, 0.4) is 0 Å². The number of rotatable bonds is 1. The van der Waals surface area contributed by atoms with Crippen molar-refractivity contribution in [2.24, 2.45) is 0 Å². The third-order valence-corrected chi connectivity index (χ3v) is 1.83. The topological polar surface area (TPSA) is 69.6 Å². The van der Waals surface area contributed by atoms with Crippen molar-refractivity contribution in [3.05, 3.63) is 30.1 Å². The van der Waals surface area contributed by atoms with Crippen LogP contribution < -0.4 is 5.73 Å². The Hall–Kier alpha value is -1.62. The molecule has 0 atom stereocenters. The average molecular weight is 196 g/mol. The van der Waals surface area contributed by atoms with Crippen molar-refractivity contribution in [2.45, 2.75) is 0 Å². The van der Waals surface area contributed by atoms with Crippen molar-refractivity contribution in [1.82, 2.24) is 19.7 Å². The Morgan fingerprint density at radius 2 is 2.15 bits per heavy atom. The Labute approximate surface area is 79.2 Å². The molecule has 2 aromatic heterocycles. The van der Waals surface area contributed by atoms with Gasteiger partial charge >= 0.3 is 0 Å². The Morgan fingerprint density at radius 3 is 2.77 bits per heavy atom. The Kier molecular flexibility index (Phi) is 1.86. The lowest BCUT2D eigenvalue weighted by molar-refractivity contribution is 0.879. The number of anilines is 1. The molecule has 6 heteroatoms. The first-order valence-corrected chi connectivity index (χ1v) is 3.91. The number of nitrogens with two attached hydrogens (primary N) is 1. The molecule has 0 radical (unpaired) electrons. The molecule has 0 aliphatic rings. The van der Waals surface area contributed by atoms with Crippen LogP contribution in [-0.4, -0.2) is 19.7 Å². The van der Waals surface area contributed by atoms with Gasteiger partial charge in [0.25, 0.3) is 0 Å². The summed E-state index contributed by atoms with van der Waals surface area (Å²) in [5.74, 6) is 0. The number of nitrogens with zero attached hydrogens (tertiary/aromatic N) is 4. The third-order valence-electron chi connectivity index (χ3n) is 1.55. The van der Waals surface area contributed by atoms with E-state index in [1.54, 1.807) is 0 Å². The Balaban J connectivity index is 2.64. The quantitative estimate of drug-likeness (QED) is 0.734. The van der Waals surface area contributed by atoms with Crippen LogP contribution in [0.5, 0.6) is 0 Å².